The second-order valence-electron chi connectivity index (χ2n) is 4.83. The predicted molar refractivity (Wildman–Crippen MR) is 104 cm³/mol. The molecule has 1 aromatic carbocycles. The molecule has 1 saturated heterocycles. The standard InChI is InChI=1S/C16H14ClN3S3/c17-14-7-6-12(10-18-14)11-20-8-9-22-15(20)19-16(21)23-13-4-2-1-3-5-13/h1-7,10H,8-9,11H2. The molecule has 1 aliphatic rings. The minimum atomic E-state index is 0.513. The maximum atomic E-state index is 5.83. The number of thiocarbonyl (C=S) groups is 1. The molecule has 2 aromatic rings. The molecule has 118 valence electrons. The van der Waals surface area contributed by atoms with E-state index in [4.69, 9.17) is 23.8 Å². The summed E-state index contributed by atoms with van der Waals surface area (Å²) in [7, 11) is 0. The number of nitrogens with zero attached hydrogens (tertiary/aromatic N) is 3. The first-order chi connectivity index (χ1) is 11.2. The Hall–Kier alpha value is -1.08. The number of hydrogen-bond donors (Lipinski definition) is 0. The van der Waals surface area contributed by atoms with Crippen molar-refractivity contribution in [1.29, 1.82) is 0 Å². The van der Waals surface area contributed by atoms with Gasteiger partial charge in [-0.25, -0.2) is 9.98 Å². The fraction of sp³-hybridized carbons (Fsp3) is 0.188. The Morgan fingerprint density at radius 1 is 1.30 bits per heavy atom. The van der Waals surface area contributed by atoms with Crippen LogP contribution >= 0.6 is 47.3 Å². The third kappa shape index (κ3) is 4.94. The van der Waals surface area contributed by atoms with E-state index < -0.39 is 0 Å². The van der Waals surface area contributed by atoms with Crippen LogP contribution in [0.3, 0.4) is 0 Å². The van der Waals surface area contributed by atoms with Gasteiger partial charge in [0, 0.05) is 29.9 Å². The van der Waals surface area contributed by atoms with E-state index in [9.17, 15) is 0 Å². The molecule has 0 N–H and O–H groups in total. The van der Waals surface area contributed by atoms with Crippen LogP contribution in [0.2, 0.25) is 5.15 Å². The van der Waals surface area contributed by atoms with E-state index in [1.807, 2.05) is 42.5 Å². The minimum absolute atomic E-state index is 0.513. The monoisotopic (exact) mass is 379 g/mol. The largest absolute Gasteiger partial charge is 0.346 e. The third-order valence-corrected chi connectivity index (χ3v) is 5.49. The van der Waals surface area contributed by atoms with Crippen LogP contribution in [0.5, 0.6) is 0 Å². The molecule has 3 nitrogen and oxygen atoms in total. The highest BCUT2D eigenvalue weighted by molar-refractivity contribution is 8.23. The number of rotatable bonds is 3. The molecule has 0 amide bonds. The van der Waals surface area contributed by atoms with Gasteiger partial charge in [0.1, 0.15) is 5.15 Å². The zero-order valence-electron chi connectivity index (χ0n) is 12.2. The molecule has 0 bridgehead atoms. The lowest BCUT2D eigenvalue weighted by Crippen LogP contribution is -2.24. The van der Waals surface area contributed by atoms with Crippen molar-refractivity contribution in [3.8, 4) is 0 Å². The Morgan fingerprint density at radius 2 is 2.13 bits per heavy atom. The summed E-state index contributed by atoms with van der Waals surface area (Å²) in [6, 6.07) is 13.9. The van der Waals surface area contributed by atoms with Crippen LogP contribution in [-0.2, 0) is 6.54 Å². The Labute approximate surface area is 154 Å². The molecule has 0 radical (unpaired) electrons. The van der Waals surface area contributed by atoms with Crippen molar-refractivity contribution in [2.24, 2.45) is 4.99 Å². The van der Waals surface area contributed by atoms with Crippen LogP contribution in [0.1, 0.15) is 5.56 Å². The molecule has 23 heavy (non-hydrogen) atoms. The average molecular weight is 380 g/mol. The summed E-state index contributed by atoms with van der Waals surface area (Å²) in [5, 5.41) is 1.49. The van der Waals surface area contributed by atoms with Crippen molar-refractivity contribution in [3.05, 3.63) is 59.4 Å². The van der Waals surface area contributed by atoms with Gasteiger partial charge < -0.3 is 4.90 Å². The third-order valence-electron chi connectivity index (χ3n) is 3.16. The highest BCUT2D eigenvalue weighted by Crippen LogP contribution is 2.25. The number of aromatic nitrogens is 1. The average Bonchev–Trinajstić information content (AvgIpc) is 2.97. The molecular weight excluding hydrogens is 366 g/mol. The fourth-order valence-electron chi connectivity index (χ4n) is 2.09. The molecule has 3 rings (SSSR count). The summed E-state index contributed by atoms with van der Waals surface area (Å²) in [4.78, 5) is 12.1. The Kier molecular flexibility index (Phi) is 5.94. The van der Waals surface area contributed by atoms with Crippen molar-refractivity contribution in [3.63, 3.8) is 0 Å². The number of amidine groups is 1. The van der Waals surface area contributed by atoms with E-state index in [1.54, 1.807) is 18.0 Å². The lowest BCUT2D eigenvalue weighted by atomic mass is 10.3. The first-order valence-corrected chi connectivity index (χ1v) is 9.63. The zero-order chi connectivity index (χ0) is 16.1. The highest BCUT2D eigenvalue weighted by Gasteiger charge is 2.20. The SMILES string of the molecule is S=C(N=C1SCCN1Cc1ccc(Cl)nc1)Sc1ccccc1. The molecule has 1 fully saturated rings. The molecule has 7 heteroatoms. The molecular formula is C16H14ClN3S3. The molecule has 0 atom stereocenters. The topological polar surface area (TPSA) is 28.5 Å². The van der Waals surface area contributed by atoms with E-state index >= 15 is 0 Å². The van der Waals surface area contributed by atoms with E-state index in [2.05, 4.69) is 14.9 Å². The van der Waals surface area contributed by atoms with Crippen molar-refractivity contribution in [1.82, 2.24) is 9.88 Å². The van der Waals surface area contributed by atoms with Crippen LogP contribution in [0.25, 0.3) is 0 Å². The molecule has 2 heterocycles. The Balaban J connectivity index is 1.65. The van der Waals surface area contributed by atoms with E-state index in [0.717, 1.165) is 34.5 Å². The van der Waals surface area contributed by atoms with Gasteiger partial charge >= 0.3 is 0 Å². The summed E-state index contributed by atoms with van der Waals surface area (Å²) < 4.78 is 0.639. The number of benzene rings is 1. The summed E-state index contributed by atoms with van der Waals surface area (Å²) in [5.74, 6) is 1.03. The quantitative estimate of drug-likeness (QED) is 0.437. The second kappa shape index (κ2) is 8.15. The van der Waals surface area contributed by atoms with Crippen LogP contribution in [-0.4, -0.2) is 31.7 Å². The molecule has 1 aromatic heterocycles. The first kappa shape index (κ1) is 16.8. The van der Waals surface area contributed by atoms with Crippen molar-refractivity contribution in [2.75, 3.05) is 12.3 Å². The van der Waals surface area contributed by atoms with Gasteiger partial charge in [-0.1, -0.05) is 59.4 Å². The van der Waals surface area contributed by atoms with Crippen LogP contribution in [0.4, 0.5) is 0 Å². The highest BCUT2D eigenvalue weighted by atomic mass is 35.5. The number of aliphatic imine (C=N–C) groups is 1. The van der Waals surface area contributed by atoms with Gasteiger partial charge in [0.15, 0.2) is 9.49 Å². The normalized spacial score (nSPS) is 16.0. The summed E-state index contributed by atoms with van der Waals surface area (Å²) in [6.45, 7) is 1.74. The van der Waals surface area contributed by atoms with Gasteiger partial charge in [0.05, 0.1) is 0 Å². The summed E-state index contributed by atoms with van der Waals surface area (Å²) in [5.41, 5.74) is 1.12. The van der Waals surface area contributed by atoms with Gasteiger partial charge in [0.2, 0.25) is 0 Å². The number of hydrogen-bond acceptors (Lipinski definition) is 4. The van der Waals surface area contributed by atoms with Gasteiger partial charge in [-0.05, 0) is 36.0 Å². The van der Waals surface area contributed by atoms with Gasteiger partial charge in [-0.3, -0.25) is 0 Å². The fourth-order valence-corrected chi connectivity index (χ4v) is 4.31. The Bertz CT molecular complexity index is 704. The lowest BCUT2D eigenvalue weighted by Gasteiger charge is -2.17. The minimum Gasteiger partial charge on any atom is -0.346 e. The number of thioether (sulfide) groups is 2. The lowest BCUT2D eigenvalue weighted by molar-refractivity contribution is 0.457. The maximum absolute atomic E-state index is 5.83. The van der Waals surface area contributed by atoms with Gasteiger partial charge in [0.25, 0.3) is 0 Å². The van der Waals surface area contributed by atoms with E-state index in [0.29, 0.717) is 9.47 Å². The smallest absolute Gasteiger partial charge is 0.167 e. The summed E-state index contributed by atoms with van der Waals surface area (Å²) in [6.07, 6.45) is 1.81. The maximum Gasteiger partial charge on any atom is 0.167 e. The van der Waals surface area contributed by atoms with E-state index in [1.165, 1.54) is 11.8 Å². The first-order valence-electron chi connectivity index (χ1n) is 7.04. The van der Waals surface area contributed by atoms with Gasteiger partial charge in [-0.15, -0.1) is 0 Å². The molecule has 1 aliphatic heterocycles. The van der Waals surface area contributed by atoms with Crippen molar-refractivity contribution < 1.29 is 0 Å². The van der Waals surface area contributed by atoms with Crippen molar-refractivity contribution in [2.45, 2.75) is 11.4 Å². The van der Waals surface area contributed by atoms with Crippen molar-refractivity contribution >= 4 is 56.8 Å². The van der Waals surface area contributed by atoms with Gasteiger partial charge in [-0.2, -0.15) is 0 Å². The summed E-state index contributed by atoms with van der Waals surface area (Å²) >= 11 is 14.5. The molecule has 0 saturated carbocycles. The molecule has 0 spiro atoms. The van der Waals surface area contributed by atoms with E-state index in [-0.39, 0.29) is 0 Å². The Morgan fingerprint density at radius 3 is 2.87 bits per heavy atom. The second-order valence-corrected chi connectivity index (χ2v) is 7.99. The number of pyridine rings is 1. The van der Waals surface area contributed by atoms with Crippen LogP contribution < -0.4 is 0 Å². The molecule has 0 aliphatic carbocycles. The van der Waals surface area contributed by atoms with Crippen LogP contribution in [0.15, 0.2) is 58.5 Å². The predicted octanol–water partition coefficient (Wildman–Crippen LogP) is 4.72. The number of halogens is 1. The molecule has 0 unspecified atom stereocenters. The van der Waals surface area contributed by atoms with Crippen LogP contribution in [0, 0.1) is 0 Å². The zero-order valence-corrected chi connectivity index (χ0v) is 15.4.